The van der Waals surface area contributed by atoms with Crippen LogP contribution in [0, 0.1) is 5.92 Å². The third kappa shape index (κ3) is 5.43. The molecule has 0 aliphatic carbocycles. The maximum absolute atomic E-state index is 12.5. The largest absolute Gasteiger partial charge is 0.381 e. The van der Waals surface area contributed by atoms with Gasteiger partial charge in [-0.25, -0.2) is 0 Å². The number of ether oxygens (including phenoxy) is 1. The minimum atomic E-state index is -0.427. The Morgan fingerprint density at radius 1 is 1.31 bits per heavy atom. The van der Waals surface area contributed by atoms with Crippen molar-refractivity contribution >= 4 is 17.5 Å². The number of hydrogen-bond acceptors (Lipinski definition) is 4. The van der Waals surface area contributed by atoms with Gasteiger partial charge >= 0.3 is 0 Å². The highest BCUT2D eigenvalue weighted by molar-refractivity contribution is 6.30. The van der Waals surface area contributed by atoms with Crippen molar-refractivity contribution in [1.29, 1.82) is 0 Å². The molecular formula is C20H30ClN3O2. The van der Waals surface area contributed by atoms with E-state index in [1.54, 1.807) is 0 Å². The van der Waals surface area contributed by atoms with Crippen LogP contribution in [-0.4, -0.2) is 49.2 Å². The SMILES string of the molecule is NC(C(=O)NCC1CCCCN1Cc1cccc(Cl)c1)C1CCOCC1. The Balaban J connectivity index is 1.52. The minimum Gasteiger partial charge on any atom is -0.381 e. The second-order valence-electron chi connectivity index (χ2n) is 7.47. The maximum atomic E-state index is 12.5. The molecule has 2 saturated heterocycles. The molecule has 0 aromatic heterocycles. The van der Waals surface area contributed by atoms with Gasteiger partial charge in [0, 0.05) is 37.4 Å². The number of benzene rings is 1. The lowest BCUT2D eigenvalue weighted by molar-refractivity contribution is -0.124. The first-order valence-corrected chi connectivity index (χ1v) is 10.1. The number of halogens is 1. The number of amides is 1. The van der Waals surface area contributed by atoms with E-state index < -0.39 is 6.04 Å². The van der Waals surface area contributed by atoms with Gasteiger partial charge in [0.25, 0.3) is 0 Å². The van der Waals surface area contributed by atoms with Gasteiger partial charge < -0.3 is 15.8 Å². The zero-order chi connectivity index (χ0) is 18.4. The second kappa shape index (κ2) is 9.70. The first kappa shape index (κ1) is 19.6. The van der Waals surface area contributed by atoms with Crippen LogP contribution in [0.15, 0.2) is 24.3 Å². The number of nitrogens with zero attached hydrogens (tertiary/aromatic N) is 1. The van der Waals surface area contributed by atoms with Crippen LogP contribution >= 0.6 is 11.6 Å². The molecule has 2 aliphatic heterocycles. The van der Waals surface area contributed by atoms with Gasteiger partial charge in [0.2, 0.25) is 5.91 Å². The molecule has 1 aromatic carbocycles. The van der Waals surface area contributed by atoms with Crippen molar-refractivity contribution < 1.29 is 9.53 Å². The van der Waals surface area contributed by atoms with Gasteiger partial charge in [-0.3, -0.25) is 9.69 Å². The summed E-state index contributed by atoms with van der Waals surface area (Å²) in [5, 5.41) is 3.87. The number of carbonyl (C=O) groups is 1. The minimum absolute atomic E-state index is 0.0230. The maximum Gasteiger partial charge on any atom is 0.237 e. The summed E-state index contributed by atoms with van der Waals surface area (Å²) in [4.78, 5) is 14.9. The molecule has 1 amide bonds. The average molecular weight is 380 g/mol. The smallest absolute Gasteiger partial charge is 0.237 e. The van der Waals surface area contributed by atoms with Gasteiger partial charge in [-0.1, -0.05) is 30.2 Å². The van der Waals surface area contributed by atoms with E-state index in [9.17, 15) is 4.79 Å². The van der Waals surface area contributed by atoms with E-state index in [0.717, 1.165) is 37.4 Å². The van der Waals surface area contributed by atoms with Crippen molar-refractivity contribution in [2.45, 2.75) is 50.7 Å². The summed E-state index contributed by atoms with van der Waals surface area (Å²) in [6.45, 7) is 4.01. The van der Waals surface area contributed by atoms with Crippen LogP contribution in [0.4, 0.5) is 0 Å². The predicted molar refractivity (Wildman–Crippen MR) is 104 cm³/mol. The van der Waals surface area contributed by atoms with Crippen LogP contribution in [0.2, 0.25) is 5.02 Å². The lowest BCUT2D eigenvalue weighted by atomic mass is 9.91. The lowest BCUT2D eigenvalue weighted by Crippen LogP contribution is -2.51. The molecule has 0 radical (unpaired) electrons. The van der Waals surface area contributed by atoms with Crippen molar-refractivity contribution in [2.75, 3.05) is 26.3 Å². The third-order valence-electron chi connectivity index (χ3n) is 5.61. The normalized spacial score (nSPS) is 23.5. The predicted octanol–water partition coefficient (Wildman–Crippen LogP) is 2.56. The summed E-state index contributed by atoms with van der Waals surface area (Å²) in [6, 6.07) is 7.95. The molecule has 3 N–H and O–H groups in total. The Morgan fingerprint density at radius 3 is 2.88 bits per heavy atom. The van der Waals surface area contributed by atoms with Gasteiger partial charge in [0.15, 0.2) is 0 Å². The van der Waals surface area contributed by atoms with Crippen LogP contribution in [0.25, 0.3) is 0 Å². The van der Waals surface area contributed by atoms with Crippen molar-refractivity contribution in [1.82, 2.24) is 10.2 Å². The number of hydrogen-bond donors (Lipinski definition) is 2. The van der Waals surface area contributed by atoms with Crippen molar-refractivity contribution in [2.24, 2.45) is 11.7 Å². The topological polar surface area (TPSA) is 67.6 Å². The van der Waals surface area contributed by atoms with Gasteiger partial charge in [0.1, 0.15) is 0 Å². The molecule has 0 bridgehead atoms. The van der Waals surface area contributed by atoms with E-state index in [1.165, 1.54) is 18.4 Å². The number of rotatable bonds is 6. The zero-order valence-electron chi connectivity index (χ0n) is 15.3. The van der Waals surface area contributed by atoms with Gasteiger partial charge in [-0.15, -0.1) is 0 Å². The molecule has 2 fully saturated rings. The summed E-state index contributed by atoms with van der Waals surface area (Å²) in [5.74, 6) is 0.211. The number of likely N-dealkylation sites (tertiary alicyclic amines) is 1. The van der Waals surface area contributed by atoms with Crippen molar-refractivity contribution in [3.63, 3.8) is 0 Å². The summed E-state index contributed by atoms with van der Waals surface area (Å²) in [7, 11) is 0. The highest BCUT2D eigenvalue weighted by Gasteiger charge is 2.28. The van der Waals surface area contributed by atoms with Crippen molar-refractivity contribution in [3.8, 4) is 0 Å². The van der Waals surface area contributed by atoms with Crippen LogP contribution in [0.3, 0.4) is 0 Å². The number of nitrogens with one attached hydrogen (secondary N) is 1. The van der Waals surface area contributed by atoms with E-state index in [4.69, 9.17) is 22.1 Å². The van der Waals surface area contributed by atoms with E-state index in [-0.39, 0.29) is 11.8 Å². The molecule has 0 saturated carbocycles. The monoisotopic (exact) mass is 379 g/mol. The molecule has 5 nitrogen and oxygen atoms in total. The molecule has 1 aromatic rings. The fourth-order valence-electron chi connectivity index (χ4n) is 3.99. The van der Waals surface area contributed by atoms with E-state index in [0.29, 0.717) is 25.8 Å². The first-order valence-electron chi connectivity index (χ1n) is 9.73. The third-order valence-corrected chi connectivity index (χ3v) is 5.85. The van der Waals surface area contributed by atoms with E-state index >= 15 is 0 Å². The summed E-state index contributed by atoms with van der Waals surface area (Å²) in [6.07, 6.45) is 5.26. The van der Waals surface area contributed by atoms with Crippen LogP contribution in [0.5, 0.6) is 0 Å². The fraction of sp³-hybridized carbons (Fsp3) is 0.650. The molecule has 6 heteroatoms. The van der Waals surface area contributed by atoms with E-state index in [1.807, 2.05) is 18.2 Å². The Hall–Kier alpha value is -1.14. The molecule has 3 rings (SSSR count). The van der Waals surface area contributed by atoms with Gasteiger partial charge in [-0.2, -0.15) is 0 Å². The summed E-state index contributed by atoms with van der Waals surface area (Å²) in [5.41, 5.74) is 7.40. The Morgan fingerprint density at radius 2 is 2.12 bits per heavy atom. The second-order valence-corrected chi connectivity index (χ2v) is 7.91. The highest BCUT2D eigenvalue weighted by Crippen LogP contribution is 2.21. The van der Waals surface area contributed by atoms with E-state index in [2.05, 4.69) is 16.3 Å². The van der Waals surface area contributed by atoms with Gasteiger partial charge in [-0.05, 0) is 55.8 Å². The average Bonchev–Trinajstić information content (AvgIpc) is 2.67. The summed E-state index contributed by atoms with van der Waals surface area (Å²) < 4.78 is 5.36. The summed E-state index contributed by atoms with van der Waals surface area (Å²) >= 11 is 6.11. The molecule has 26 heavy (non-hydrogen) atoms. The van der Waals surface area contributed by atoms with Crippen LogP contribution < -0.4 is 11.1 Å². The molecule has 2 aliphatic rings. The Kier molecular flexibility index (Phi) is 7.32. The number of carbonyl (C=O) groups excluding carboxylic acids is 1. The van der Waals surface area contributed by atoms with Gasteiger partial charge in [0.05, 0.1) is 6.04 Å². The van der Waals surface area contributed by atoms with Crippen LogP contribution in [0.1, 0.15) is 37.7 Å². The number of nitrogens with two attached hydrogens (primary N) is 1. The molecule has 144 valence electrons. The Bertz CT molecular complexity index is 592. The molecule has 2 unspecified atom stereocenters. The van der Waals surface area contributed by atoms with Crippen LogP contribution in [-0.2, 0) is 16.1 Å². The molecular weight excluding hydrogens is 350 g/mol. The standard InChI is InChI=1S/C20H30ClN3O2/c21-17-5-3-4-15(12-17)14-24-9-2-1-6-18(24)13-23-20(25)19(22)16-7-10-26-11-8-16/h3-5,12,16,18-19H,1-2,6-11,13-14,22H2,(H,23,25). The molecule has 2 heterocycles. The molecule has 2 atom stereocenters. The quantitative estimate of drug-likeness (QED) is 0.797. The lowest BCUT2D eigenvalue weighted by Gasteiger charge is -2.36. The first-order chi connectivity index (χ1) is 12.6. The fourth-order valence-corrected chi connectivity index (χ4v) is 4.21. The Labute approximate surface area is 161 Å². The highest BCUT2D eigenvalue weighted by atomic mass is 35.5. The van der Waals surface area contributed by atoms with Crippen molar-refractivity contribution in [3.05, 3.63) is 34.9 Å². The molecule has 0 spiro atoms. The number of piperidine rings is 1. The zero-order valence-corrected chi connectivity index (χ0v) is 16.1.